The molecule has 1 aromatic carbocycles. The van der Waals surface area contributed by atoms with Crippen LogP contribution in [0.3, 0.4) is 0 Å². The first-order valence-electron chi connectivity index (χ1n) is 6.70. The molecule has 1 heterocycles. The molecule has 6 nitrogen and oxygen atoms in total. The molecule has 2 N–H and O–H groups in total. The highest BCUT2D eigenvalue weighted by molar-refractivity contribution is 6.30. The number of anilines is 1. The first kappa shape index (κ1) is 16.6. The van der Waals surface area contributed by atoms with Crippen molar-refractivity contribution in [3.63, 3.8) is 0 Å². The molecule has 0 atom stereocenters. The number of amides is 2. The number of pyridine rings is 1. The lowest BCUT2D eigenvalue weighted by Gasteiger charge is -2.07. The molecular formula is C16H16ClN3O3. The van der Waals surface area contributed by atoms with Crippen molar-refractivity contribution in [2.24, 2.45) is 0 Å². The van der Waals surface area contributed by atoms with Crippen LogP contribution >= 0.6 is 11.6 Å². The van der Waals surface area contributed by atoms with E-state index in [2.05, 4.69) is 15.6 Å². The van der Waals surface area contributed by atoms with Crippen molar-refractivity contribution < 1.29 is 14.3 Å². The number of hydrogen-bond acceptors (Lipinski definition) is 4. The maximum Gasteiger partial charge on any atom is 0.324 e. The molecule has 0 saturated carbocycles. The minimum absolute atomic E-state index is 0.406. The molecule has 2 amide bonds. The van der Waals surface area contributed by atoms with Crippen LogP contribution in [0.5, 0.6) is 11.5 Å². The predicted molar refractivity (Wildman–Crippen MR) is 90.0 cm³/mol. The van der Waals surface area contributed by atoms with Gasteiger partial charge in [-0.1, -0.05) is 17.7 Å². The summed E-state index contributed by atoms with van der Waals surface area (Å²) >= 11 is 5.72. The Morgan fingerprint density at radius 3 is 2.61 bits per heavy atom. The smallest absolute Gasteiger partial charge is 0.324 e. The van der Waals surface area contributed by atoms with Crippen molar-refractivity contribution >= 4 is 29.5 Å². The molecule has 0 aliphatic carbocycles. The number of nitrogens with zero attached hydrogens (tertiary/aromatic N) is 1. The maximum absolute atomic E-state index is 11.7. The monoisotopic (exact) mass is 333 g/mol. The van der Waals surface area contributed by atoms with Gasteiger partial charge in [-0.15, -0.1) is 0 Å². The Hall–Kier alpha value is -2.73. The van der Waals surface area contributed by atoms with E-state index in [4.69, 9.17) is 21.1 Å². The zero-order chi connectivity index (χ0) is 16.7. The molecule has 7 heteroatoms. The van der Waals surface area contributed by atoms with Crippen LogP contribution in [0.15, 0.2) is 42.7 Å². The number of ether oxygens (including phenoxy) is 2. The second-order valence-electron chi connectivity index (χ2n) is 4.41. The van der Waals surface area contributed by atoms with Crippen molar-refractivity contribution in [3.05, 3.63) is 53.3 Å². The number of halogens is 1. The van der Waals surface area contributed by atoms with Gasteiger partial charge >= 0.3 is 6.03 Å². The largest absolute Gasteiger partial charge is 0.493 e. The summed E-state index contributed by atoms with van der Waals surface area (Å²) in [5.41, 5.74) is 0.854. The molecule has 0 unspecified atom stereocenters. The van der Waals surface area contributed by atoms with E-state index in [0.717, 1.165) is 5.56 Å². The van der Waals surface area contributed by atoms with Crippen LogP contribution in [0.25, 0.3) is 6.08 Å². The summed E-state index contributed by atoms with van der Waals surface area (Å²) in [6, 6.07) is 8.28. The number of urea groups is 1. The van der Waals surface area contributed by atoms with Gasteiger partial charge in [-0.05, 0) is 35.9 Å². The summed E-state index contributed by atoms with van der Waals surface area (Å²) in [7, 11) is 3.14. The van der Waals surface area contributed by atoms with E-state index in [1.54, 1.807) is 44.6 Å². The Morgan fingerprint density at radius 1 is 1.17 bits per heavy atom. The SMILES string of the molecule is COc1ccc(/C=C/NC(=O)Nc2ccc(Cl)cn2)cc1OC. The lowest BCUT2D eigenvalue weighted by atomic mass is 10.2. The number of methoxy groups -OCH3 is 2. The topological polar surface area (TPSA) is 72.5 Å². The van der Waals surface area contributed by atoms with Crippen LogP contribution in [0.1, 0.15) is 5.56 Å². The second-order valence-corrected chi connectivity index (χ2v) is 4.84. The number of aromatic nitrogens is 1. The zero-order valence-corrected chi connectivity index (χ0v) is 13.4. The summed E-state index contributed by atoms with van der Waals surface area (Å²) in [5.74, 6) is 1.67. The van der Waals surface area contributed by atoms with E-state index in [1.165, 1.54) is 12.4 Å². The minimum atomic E-state index is -0.406. The Morgan fingerprint density at radius 2 is 1.96 bits per heavy atom. The van der Waals surface area contributed by atoms with Gasteiger partial charge in [0.15, 0.2) is 11.5 Å². The molecule has 2 aromatic rings. The van der Waals surface area contributed by atoms with Gasteiger partial charge in [0.25, 0.3) is 0 Å². The number of nitrogens with one attached hydrogen (secondary N) is 2. The van der Waals surface area contributed by atoms with Crippen LogP contribution in [0.4, 0.5) is 10.6 Å². The molecule has 0 radical (unpaired) electrons. The highest BCUT2D eigenvalue weighted by atomic mass is 35.5. The van der Waals surface area contributed by atoms with Gasteiger partial charge in [0.05, 0.1) is 19.2 Å². The van der Waals surface area contributed by atoms with Crippen LogP contribution in [0.2, 0.25) is 5.02 Å². The van der Waals surface area contributed by atoms with E-state index >= 15 is 0 Å². The van der Waals surface area contributed by atoms with Gasteiger partial charge in [0.2, 0.25) is 0 Å². The van der Waals surface area contributed by atoms with Crippen LogP contribution in [0, 0.1) is 0 Å². The van der Waals surface area contributed by atoms with Gasteiger partial charge < -0.3 is 14.8 Å². The third-order valence-electron chi connectivity index (χ3n) is 2.87. The molecule has 0 saturated heterocycles. The molecule has 0 aliphatic rings. The number of benzene rings is 1. The Bertz CT molecular complexity index is 702. The Balaban J connectivity index is 1.93. The first-order valence-corrected chi connectivity index (χ1v) is 7.08. The highest BCUT2D eigenvalue weighted by Gasteiger charge is 2.03. The fourth-order valence-corrected chi connectivity index (χ4v) is 1.88. The minimum Gasteiger partial charge on any atom is -0.493 e. The number of hydrogen-bond donors (Lipinski definition) is 2. The predicted octanol–water partition coefficient (Wildman–Crippen LogP) is 3.54. The van der Waals surface area contributed by atoms with Gasteiger partial charge in [0.1, 0.15) is 5.82 Å². The average molecular weight is 334 g/mol. The average Bonchev–Trinajstić information content (AvgIpc) is 2.56. The van der Waals surface area contributed by atoms with Gasteiger partial charge in [-0.25, -0.2) is 9.78 Å². The molecule has 23 heavy (non-hydrogen) atoms. The van der Waals surface area contributed by atoms with Crippen LogP contribution in [-0.4, -0.2) is 25.2 Å². The van der Waals surface area contributed by atoms with Crippen molar-refractivity contribution in [3.8, 4) is 11.5 Å². The van der Waals surface area contributed by atoms with E-state index in [1.807, 2.05) is 6.07 Å². The highest BCUT2D eigenvalue weighted by Crippen LogP contribution is 2.27. The summed E-state index contributed by atoms with van der Waals surface area (Å²) in [5, 5.41) is 5.67. The number of rotatable bonds is 5. The summed E-state index contributed by atoms with van der Waals surface area (Å²) in [6.45, 7) is 0. The van der Waals surface area contributed by atoms with Crippen molar-refractivity contribution in [2.75, 3.05) is 19.5 Å². The summed E-state index contributed by atoms with van der Waals surface area (Å²) < 4.78 is 10.4. The molecule has 0 fully saturated rings. The molecule has 120 valence electrons. The summed E-state index contributed by atoms with van der Waals surface area (Å²) in [6.07, 6.45) is 4.71. The quantitative estimate of drug-likeness (QED) is 0.877. The first-order chi connectivity index (χ1) is 11.1. The molecule has 0 spiro atoms. The fourth-order valence-electron chi connectivity index (χ4n) is 1.77. The Kier molecular flexibility index (Phi) is 5.82. The second kappa shape index (κ2) is 8.05. The third kappa shape index (κ3) is 4.89. The van der Waals surface area contributed by atoms with Gasteiger partial charge in [-0.2, -0.15) is 0 Å². The lowest BCUT2D eigenvalue weighted by Crippen LogP contribution is -2.24. The van der Waals surface area contributed by atoms with Gasteiger partial charge in [0, 0.05) is 12.4 Å². The number of carbonyl (C=O) groups excluding carboxylic acids is 1. The third-order valence-corrected chi connectivity index (χ3v) is 3.09. The lowest BCUT2D eigenvalue weighted by molar-refractivity contribution is 0.255. The van der Waals surface area contributed by atoms with Gasteiger partial charge in [-0.3, -0.25) is 5.32 Å². The van der Waals surface area contributed by atoms with E-state index in [0.29, 0.717) is 22.3 Å². The molecule has 0 bridgehead atoms. The molecular weight excluding hydrogens is 318 g/mol. The maximum atomic E-state index is 11.7. The van der Waals surface area contributed by atoms with Crippen LogP contribution in [-0.2, 0) is 0 Å². The van der Waals surface area contributed by atoms with E-state index < -0.39 is 6.03 Å². The summed E-state index contributed by atoms with van der Waals surface area (Å²) in [4.78, 5) is 15.7. The molecule has 1 aromatic heterocycles. The normalized spacial score (nSPS) is 10.4. The van der Waals surface area contributed by atoms with Crippen molar-refractivity contribution in [2.45, 2.75) is 0 Å². The van der Waals surface area contributed by atoms with Crippen molar-refractivity contribution in [1.82, 2.24) is 10.3 Å². The molecule has 0 aliphatic heterocycles. The fraction of sp³-hybridized carbons (Fsp3) is 0.125. The van der Waals surface area contributed by atoms with E-state index in [9.17, 15) is 4.79 Å². The Labute approximate surface area is 139 Å². The molecule has 2 rings (SSSR count). The van der Waals surface area contributed by atoms with Crippen LogP contribution < -0.4 is 20.1 Å². The number of carbonyl (C=O) groups is 1. The standard InChI is InChI=1S/C16H16ClN3O3/c1-22-13-5-3-11(9-14(13)23-2)7-8-18-16(21)20-15-6-4-12(17)10-19-15/h3-10H,1-2H3,(H2,18,19,20,21)/b8-7+. The van der Waals surface area contributed by atoms with Crippen molar-refractivity contribution in [1.29, 1.82) is 0 Å². The van der Waals surface area contributed by atoms with E-state index in [-0.39, 0.29) is 0 Å². The zero-order valence-electron chi connectivity index (χ0n) is 12.7.